The van der Waals surface area contributed by atoms with E-state index in [1.165, 1.54) is 6.20 Å². The molecular formula is C16H21N5O3. The van der Waals surface area contributed by atoms with Gasteiger partial charge in [-0.25, -0.2) is 4.68 Å². The second kappa shape index (κ2) is 6.12. The summed E-state index contributed by atoms with van der Waals surface area (Å²) >= 11 is 0. The molecule has 3 aromatic rings. The van der Waals surface area contributed by atoms with E-state index in [1.807, 2.05) is 26.8 Å². The number of aromatic nitrogens is 4. The highest BCUT2D eigenvalue weighted by Crippen LogP contribution is 2.23. The summed E-state index contributed by atoms with van der Waals surface area (Å²) < 4.78 is 7.11. The van der Waals surface area contributed by atoms with Crippen molar-refractivity contribution in [2.75, 3.05) is 11.9 Å². The summed E-state index contributed by atoms with van der Waals surface area (Å²) in [5, 5.41) is 17.1. The Kier molecular flexibility index (Phi) is 4.15. The Labute approximate surface area is 138 Å². The van der Waals surface area contributed by atoms with Gasteiger partial charge < -0.3 is 14.8 Å². The summed E-state index contributed by atoms with van der Waals surface area (Å²) in [6.45, 7) is 5.96. The van der Waals surface area contributed by atoms with E-state index < -0.39 is 0 Å². The number of hydrogen-bond acceptors (Lipinski definition) is 6. The lowest BCUT2D eigenvalue weighted by Gasteiger charge is -2.20. The Hall–Kier alpha value is -2.61. The summed E-state index contributed by atoms with van der Waals surface area (Å²) in [5.74, 6) is 0.976. The molecule has 0 fully saturated rings. The highest BCUT2D eigenvalue weighted by molar-refractivity contribution is 5.74. The van der Waals surface area contributed by atoms with Crippen molar-refractivity contribution in [3.63, 3.8) is 0 Å². The van der Waals surface area contributed by atoms with Crippen LogP contribution in [-0.4, -0.2) is 31.5 Å². The zero-order valence-corrected chi connectivity index (χ0v) is 13.9. The standard InChI is InChI=1S/C16H21N5O3/c1-16(2,3)21-13-10(9-17-21)14(23)20-15(19-13)18-11(6-7-22)12-5-4-8-24-12/h4-5,8-9,11,22H,6-7H2,1-3H3,(H2,18,19,20,23). The number of rotatable bonds is 5. The Bertz CT molecular complexity index is 873. The largest absolute Gasteiger partial charge is 0.467 e. The number of aliphatic hydroxyl groups is 1. The minimum absolute atomic E-state index is 0.0230. The Balaban J connectivity index is 2.01. The molecule has 3 heterocycles. The average Bonchev–Trinajstić information content (AvgIpc) is 3.15. The summed E-state index contributed by atoms with van der Waals surface area (Å²) in [6.07, 6.45) is 3.51. The van der Waals surface area contributed by atoms with Crippen LogP contribution in [0.2, 0.25) is 0 Å². The molecule has 24 heavy (non-hydrogen) atoms. The van der Waals surface area contributed by atoms with Gasteiger partial charge in [0.25, 0.3) is 5.56 Å². The molecule has 128 valence electrons. The van der Waals surface area contributed by atoms with Gasteiger partial charge in [0.05, 0.1) is 24.0 Å². The number of H-pyrrole nitrogens is 1. The first-order valence-electron chi connectivity index (χ1n) is 7.79. The third-order valence-corrected chi connectivity index (χ3v) is 3.69. The van der Waals surface area contributed by atoms with Crippen LogP contribution in [0.25, 0.3) is 11.0 Å². The number of aromatic amines is 1. The Morgan fingerprint density at radius 3 is 2.88 bits per heavy atom. The summed E-state index contributed by atoms with van der Waals surface area (Å²) in [5.41, 5.74) is -0.0539. The van der Waals surface area contributed by atoms with Gasteiger partial charge in [0.15, 0.2) is 5.65 Å². The van der Waals surface area contributed by atoms with Crippen LogP contribution >= 0.6 is 0 Å². The lowest BCUT2D eigenvalue weighted by molar-refractivity contribution is 0.273. The molecular weight excluding hydrogens is 310 g/mol. The van der Waals surface area contributed by atoms with Crippen LogP contribution in [0.3, 0.4) is 0 Å². The van der Waals surface area contributed by atoms with E-state index in [4.69, 9.17) is 4.42 Å². The molecule has 3 rings (SSSR count). The first kappa shape index (κ1) is 16.3. The fourth-order valence-corrected chi connectivity index (χ4v) is 2.55. The molecule has 0 saturated heterocycles. The van der Waals surface area contributed by atoms with Gasteiger partial charge in [0, 0.05) is 6.61 Å². The summed E-state index contributed by atoms with van der Waals surface area (Å²) in [4.78, 5) is 19.5. The molecule has 0 aromatic carbocycles. The smallest absolute Gasteiger partial charge is 0.263 e. The van der Waals surface area contributed by atoms with Gasteiger partial charge in [-0.1, -0.05) is 0 Å². The van der Waals surface area contributed by atoms with Gasteiger partial charge in [-0.3, -0.25) is 9.78 Å². The van der Waals surface area contributed by atoms with Gasteiger partial charge in [-0.05, 0) is 39.3 Å². The second-order valence-electron chi connectivity index (χ2n) is 6.60. The number of aliphatic hydroxyl groups excluding tert-OH is 1. The third kappa shape index (κ3) is 3.05. The Morgan fingerprint density at radius 1 is 1.46 bits per heavy atom. The molecule has 0 bridgehead atoms. The molecule has 1 unspecified atom stereocenters. The van der Waals surface area contributed by atoms with Crippen molar-refractivity contribution < 1.29 is 9.52 Å². The average molecular weight is 331 g/mol. The van der Waals surface area contributed by atoms with Gasteiger partial charge in [-0.15, -0.1) is 0 Å². The molecule has 8 nitrogen and oxygen atoms in total. The van der Waals surface area contributed by atoms with Gasteiger partial charge in [0.1, 0.15) is 11.1 Å². The maximum absolute atomic E-state index is 12.3. The minimum atomic E-state index is -0.300. The summed E-state index contributed by atoms with van der Waals surface area (Å²) in [7, 11) is 0. The van der Waals surface area contributed by atoms with Crippen LogP contribution in [0.15, 0.2) is 33.8 Å². The van der Waals surface area contributed by atoms with Crippen molar-refractivity contribution in [3.8, 4) is 0 Å². The van der Waals surface area contributed by atoms with Crippen LogP contribution in [0, 0.1) is 0 Å². The van der Waals surface area contributed by atoms with Gasteiger partial charge in [-0.2, -0.15) is 10.1 Å². The van der Waals surface area contributed by atoms with Crippen LogP contribution in [0.5, 0.6) is 0 Å². The fourth-order valence-electron chi connectivity index (χ4n) is 2.55. The van der Waals surface area contributed by atoms with Crippen molar-refractivity contribution in [1.29, 1.82) is 0 Å². The number of fused-ring (bicyclic) bond motifs is 1. The quantitative estimate of drug-likeness (QED) is 0.660. The van der Waals surface area contributed by atoms with E-state index in [0.29, 0.717) is 29.2 Å². The topological polar surface area (TPSA) is 109 Å². The second-order valence-corrected chi connectivity index (χ2v) is 6.60. The molecule has 3 N–H and O–H groups in total. The number of nitrogens with zero attached hydrogens (tertiary/aromatic N) is 3. The van der Waals surface area contributed by atoms with Crippen LogP contribution < -0.4 is 10.9 Å². The predicted molar refractivity (Wildman–Crippen MR) is 89.9 cm³/mol. The SMILES string of the molecule is CC(C)(C)n1ncc2c(=O)[nH]c(NC(CCO)c3ccco3)nc21. The lowest BCUT2D eigenvalue weighted by Crippen LogP contribution is -2.24. The van der Waals surface area contributed by atoms with Gasteiger partial charge >= 0.3 is 0 Å². The van der Waals surface area contributed by atoms with Crippen molar-refractivity contribution in [2.24, 2.45) is 0 Å². The molecule has 0 saturated carbocycles. The van der Waals surface area contributed by atoms with Crippen molar-refractivity contribution in [3.05, 3.63) is 40.7 Å². The van der Waals surface area contributed by atoms with Crippen molar-refractivity contribution >= 4 is 17.0 Å². The van der Waals surface area contributed by atoms with Crippen LogP contribution in [-0.2, 0) is 5.54 Å². The molecule has 0 aliphatic carbocycles. The summed E-state index contributed by atoms with van der Waals surface area (Å²) in [6, 6.07) is 3.29. The normalized spacial score (nSPS) is 13.3. The molecule has 0 amide bonds. The number of nitrogens with one attached hydrogen (secondary N) is 2. The van der Waals surface area contributed by atoms with E-state index in [2.05, 4.69) is 20.4 Å². The molecule has 0 radical (unpaired) electrons. The Morgan fingerprint density at radius 2 is 2.25 bits per heavy atom. The van der Waals surface area contributed by atoms with E-state index in [0.717, 1.165) is 0 Å². The highest BCUT2D eigenvalue weighted by atomic mass is 16.3. The van der Waals surface area contributed by atoms with E-state index in [9.17, 15) is 9.90 Å². The van der Waals surface area contributed by atoms with Crippen LogP contribution in [0.4, 0.5) is 5.95 Å². The molecule has 0 aliphatic rings. The van der Waals surface area contributed by atoms with Crippen LogP contribution in [0.1, 0.15) is 39.0 Å². The first-order chi connectivity index (χ1) is 11.4. The molecule has 3 aromatic heterocycles. The molecule has 0 spiro atoms. The number of anilines is 1. The van der Waals surface area contributed by atoms with E-state index in [1.54, 1.807) is 17.0 Å². The highest BCUT2D eigenvalue weighted by Gasteiger charge is 2.21. The predicted octanol–water partition coefficient (Wildman–Crippen LogP) is 2.00. The monoisotopic (exact) mass is 331 g/mol. The first-order valence-corrected chi connectivity index (χ1v) is 7.79. The molecule has 1 atom stereocenters. The van der Waals surface area contributed by atoms with Gasteiger partial charge in [0.2, 0.25) is 5.95 Å². The molecule has 8 heteroatoms. The fraction of sp³-hybridized carbons (Fsp3) is 0.438. The zero-order valence-electron chi connectivity index (χ0n) is 13.9. The number of hydrogen-bond donors (Lipinski definition) is 3. The molecule has 0 aliphatic heterocycles. The maximum Gasteiger partial charge on any atom is 0.263 e. The lowest BCUT2D eigenvalue weighted by atomic mass is 10.1. The van der Waals surface area contributed by atoms with Crippen molar-refractivity contribution in [2.45, 2.75) is 38.8 Å². The third-order valence-electron chi connectivity index (χ3n) is 3.69. The van der Waals surface area contributed by atoms with E-state index in [-0.39, 0.29) is 23.7 Å². The maximum atomic E-state index is 12.3. The number of furan rings is 1. The zero-order chi connectivity index (χ0) is 17.3. The minimum Gasteiger partial charge on any atom is -0.467 e. The van der Waals surface area contributed by atoms with E-state index >= 15 is 0 Å². The van der Waals surface area contributed by atoms with Crippen molar-refractivity contribution in [1.82, 2.24) is 19.7 Å².